The van der Waals surface area contributed by atoms with Crippen LogP contribution in [0.3, 0.4) is 0 Å². The van der Waals surface area contributed by atoms with E-state index in [1.807, 2.05) is 14.0 Å². The second-order valence-electron chi connectivity index (χ2n) is 5.67. The number of nitrogens with zero attached hydrogens (tertiary/aromatic N) is 1. The summed E-state index contributed by atoms with van der Waals surface area (Å²) in [4.78, 5) is 13.3. The molecule has 1 aliphatic carbocycles. The molecule has 1 amide bonds. The summed E-state index contributed by atoms with van der Waals surface area (Å²) >= 11 is 0. The van der Waals surface area contributed by atoms with Crippen LogP contribution in [0.1, 0.15) is 34.6 Å². The molecular weight excluding hydrogens is 188 g/mol. The van der Waals surface area contributed by atoms with Gasteiger partial charge in [0, 0.05) is 19.6 Å². The van der Waals surface area contributed by atoms with Crippen LogP contribution in [0.15, 0.2) is 0 Å². The van der Waals surface area contributed by atoms with E-state index in [-0.39, 0.29) is 5.91 Å². The predicted molar refractivity (Wildman–Crippen MR) is 62.7 cm³/mol. The molecule has 0 aliphatic heterocycles. The molecule has 1 aliphatic rings. The predicted octanol–water partition coefficient (Wildman–Crippen LogP) is 1.49. The smallest absolute Gasteiger partial charge is 0.236 e. The van der Waals surface area contributed by atoms with E-state index >= 15 is 0 Å². The Morgan fingerprint density at radius 1 is 1.27 bits per heavy atom. The van der Waals surface area contributed by atoms with E-state index in [0.29, 0.717) is 23.4 Å². The number of nitrogens with one attached hydrogen (secondary N) is 1. The summed E-state index contributed by atoms with van der Waals surface area (Å²) in [7, 11) is 1.84. The molecule has 3 heteroatoms. The molecule has 0 aromatic carbocycles. The van der Waals surface area contributed by atoms with Crippen LogP contribution in [0.2, 0.25) is 0 Å². The number of rotatable bonds is 4. The van der Waals surface area contributed by atoms with Crippen molar-refractivity contribution in [3.05, 3.63) is 0 Å². The summed E-state index contributed by atoms with van der Waals surface area (Å²) < 4.78 is 0. The van der Waals surface area contributed by atoms with Crippen LogP contribution in [0, 0.1) is 10.8 Å². The first-order chi connectivity index (χ1) is 6.75. The van der Waals surface area contributed by atoms with Gasteiger partial charge in [0.05, 0.1) is 6.54 Å². The van der Waals surface area contributed by atoms with Crippen molar-refractivity contribution in [2.75, 3.05) is 20.1 Å². The van der Waals surface area contributed by atoms with E-state index in [2.05, 4.69) is 33.0 Å². The van der Waals surface area contributed by atoms with E-state index < -0.39 is 0 Å². The highest BCUT2D eigenvalue weighted by atomic mass is 16.2. The summed E-state index contributed by atoms with van der Waals surface area (Å²) in [6, 6.07) is 0.458. The third kappa shape index (κ3) is 2.03. The largest absolute Gasteiger partial charge is 0.345 e. The average Bonchev–Trinajstić information content (AvgIpc) is 2.53. The second kappa shape index (κ2) is 3.78. The molecule has 0 heterocycles. The fourth-order valence-electron chi connectivity index (χ4n) is 2.21. The first-order valence-electron chi connectivity index (χ1n) is 5.72. The molecule has 0 saturated heterocycles. The van der Waals surface area contributed by atoms with Gasteiger partial charge in [0.2, 0.25) is 5.91 Å². The highest BCUT2D eigenvalue weighted by Crippen LogP contribution is 2.62. The highest BCUT2D eigenvalue weighted by molar-refractivity contribution is 5.78. The maximum atomic E-state index is 11.6. The molecule has 1 rings (SSSR count). The number of hydrogen-bond acceptors (Lipinski definition) is 2. The van der Waals surface area contributed by atoms with Gasteiger partial charge in [0.15, 0.2) is 0 Å². The molecule has 3 nitrogen and oxygen atoms in total. The van der Waals surface area contributed by atoms with Gasteiger partial charge in [-0.15, -0.1) is 0 Å². The third-order valence-corrected chi connectivity index (χ3v) is 4.38. The van der Waals surface area contributed by atoms with Crippen LogP contribution in [-0.2, 0) is 4.79 Å². The Morgan fingerprint density at radius 3 is 2.07 bits per heavy atom. The average molecular weight is 212 g/mol. The molecule has 0 aromatic heterocycles. The Morgan fingerprint density at radius 2 is 1.73 bits per heavy atom. The van der Waals surface area contributed by atoms with Crippen LogP contribution >= 0.6 is 0 Å². The quantitative estimate of drug-likeness (QED) is 0.765. The fraction of sp³-hybridized carbons (Fsp3) is 0.917. The van der Waals surface area contributed by atoms with Crippen LogP contribution in [0.5, 0.6) is 0 Å². The van der Waals surface area contributed by atoms with Crippen molar-refractivity contribution in [3.63, 3.8) is 0 Å². The lowest BCUT2D eigenvalue weighted by Gasteiger charge is -2.15. The van der Waals surface area contributed by atoms with Crippen LogP contribution < -0.4 is 5.32 Å². The van der Waals surface area contributed by atoms with Gasteiger partial charge >= 0.3 is 0 Å². The summed E-state index contributed by atoms with van der Waals surface area (Å²) in [5, 5.41) is 3.36. The van der Waals surface area contributed by atoms with Crippen molar-refractivity contribution in [1.82, 2.24) is 10.2 Å². The van der Waals surface area contributed by atoms with E-state index in [0.717, 1.165) is 6.54 Å². The van der Waals surface area contributed by atoms with Gasteiger partial charge in [-0.05, 0) is 17.8 Å². The Balaban J connectivity index is 2.38. The molecule has 0 atom stereocenters. The second-order valence-corrected chi connectivity index (χ2v) is 5.67. The van der Waals surface area contributed by atoms with Crippen LogP contribution in [0.4, 0.5) is 0 Å². The molecule has 0 spiro atoms. The molecule has 0 radical (unpaired) electrons. The normalized spacial score (nSPS) is 22.5. The summed E-state index contributed by atoms with van der Waals surface area (Å²) in [6.45, 7) is 12.2. The first kappa shape index (κ1) is 12.5. The molecule has 1 fully saturated rings. The summed E-state index contributed by atoms with van der Waals surface area (Å²) in [5.41, 5.74) is 0.607. The van der Waals surface area contributed by atoms with Gasteiger partial charge in [-0.2, -0.15) is 0 Å². The number of hydrogen-bond donors (Lipinski definition) is 1. The Hall–Kier alpha value is -0.570. The molecule has 1 saturated carbocycles. The standard InChI is InChI=1S/C12H24N2O/c1-7-14(6)9(15)8-13-10-11(2,3)12(10,4)5/h10,13H,7-8H2,1-6H3. The van der Waals surface area contributed by atoms with Crippen molar-refractivity contribution in [3.8, 4) is 0 Å². The van der Waals surface area contributed by atoms with Gasteiger partial charge in [-0.3, -0.25) is 4.79 Å². The van der Waals surface area contributed by atoms with Crippen molar-refractivity contribution in [2.45, 2.75) is 40.7 Å². The van der Waals surface area contributed by atoms with Gasteiger partial charge in [0.1, 0.15) is 0 Å². The Kier molecular flexibility index (Phi) is 3.15. The molecular formula is C12H24N2O. The maximum absolute atomic E-state index is 11.6. The zero-order valence-electron chi connectivity index (χ0n) is 10.8. The Bertz CT molecular complexity index is 244. The van der Waals surface area contributed by atoms with Gasteiger partial charge < -0.3 is 10.2 Å². The zero-order valence-corrected chi connectivity index (χ0v) is 10.8. The first-order valence-corrected chi connectivity index (χ1v) is 5.72. The number of amides is 1. The lowest BCUT2D eigenvalue weighted by molar-refractivity contribution is -0.128. The third-order valence-electron chi connectivity index (χ3n) is 4.38. The number of carbonyl (C=O) groups excluding carboxylic acids is 1. The lowest BCUT2D eigenvalue weighted by atomic mass is 10.0. The molecule has 15 heavy (non-hydrogen) atoms. The van der Waals surface area contributed by atoms with Crippen LogP contribution in [-0.4, -0.2) is 37.0 Å². The van der Waals surface area contributed by atoms with E-state index in [4.69, 9.17) is 0 Å². The van der Waals surface area contributed by atoms with Gasteiger partial charge in [-0.1, -0.05) is 27.7 Å². The molecule has 0 aromatic rings. The minimum Gasteiger partial charge on any atom is -0.345 e. The van der Waals surface area contributed by atoms with Crippen molar-refractivity contribution in [1.29, 1.82) is 0 Å². The fourth-order valence-corrected chi connectivity index (χ4v) is 2.21. The van der Waals surface area contributed by atoms with Crippen molar-refractivity contribution in [2.24, 2.45) is 10.8 Å². The molecule has 1 N–H and O–H groups in total. The monoisotopic (exact) mass is 212 g/mol. The Labute approximate surface area is 93.2 Å². The maximum Gasteiger partial charge on any atom is 0.236 e. The molecule has 88 valence electrons. The number of carbonyl (C=O) groups is 1. The molecule has 0 unspecified atom stereocenters. The molecule has 0 bridgehead atoms. The topological polar surface area (TPSA) is 32.3 Å². The summed E-state index contributed by atoms with van der Waals surface area (Å²) in [6.07, 6.45) is 0. The van der Waals surface area contributed by atoms with Crippen LogP contribution in [0.25, 0.3) is 0 Å². The van der Waals surface area contributed by atoms with Crippen molar-refractivity contribution < 1.29 is 4.79 Å². The van der Waals surface area contributed by atoms with E-state index in [1.54, 1.807) is 4.90 Å². The summed E-state index contributed by atoms with van der Waals surface area (Å²) in [5.74, 6) is 0.177. The SMILES string of the molecule is CCN(C)C(=O)CNC1C(C)(C)C1(C)C. The zero-order chi connectivity index (χ0) is 11.9. The van der Waals surface area contributed by atoms with Gasteiger partial charge in [-0.25, -0.2) is 0 Å². The van der Waals surface area contributed by atoms with Gasteiger partial charge in [0.25, 0.3) is 0 Å². The number of likely N-dealkylation sites (N-methyl/N-ethyl adjacent to an activating group) is 1. The minimum atomic E-state index is 0.177. The highest BCUT2D eigenvalue weighted by Gasteiger charge is 2.64. The van der Waals surface area contributed by atoms with E-state index in [9.17, 15) is 4.79 Å². The minimum absolute atomic E-state index is 0.177. The lowest BCUT2D eigenvalue weighted by Crippen LogP contribution is -2.37. The van der Waals surface area contributed by atoms with E-state index in [1.165, 1.54) is 0 Å². The van der Waals surface area contributed by atoms with Crippen molar-refractivity contribution >= 4 is 5.91 Å².